The number of carbonyl (C=O) groups is 1. The summed E-state index contributed by atoms with van der Waals surface area (Å²) in [5.41, 5.74) is 1.68. The van der Waals surface area contributed by atoms with Gasteiger partial charge in [0.15, 0.2) is 6.10 Å². The third-order valence-electron chi connectivity index (χ3n) is 3.32. The van der Waals surface area contributed by atoms with Crippen molar-refractivity contribution in [3.05, 3.63) is 54.7 Å². The number of nitrogens with one attached hydrogen (secondary N) is 1. The van der Waals surface area contributed by atoms with Gasteiger partial charge in [-0.15, -0.1) is 5.10 Å². The van der Waals surface area contributed by atoms with E-state index in [9.17, 15) is 9.90 Å². The largest absolute Gasteiger partial charge is 0.508 e. The number of nitrogens with zero attached hydrogens (tertiary/aromatic N) is 2. The SMILES string of the molecule is CC(Oc1ccc(O)cc1)C(=O)Nc1ccc(-c2cnns2)cc1. The van der Waals surface area contributed by atoms with Crippen molar-refractivity contribution in [2.24, 2.45) is 0 Å². The van der Waals surface area contributed by atoms with Gasteiger partial charge < -0.3 is 15.2 Å². The Hall–Kier alpha value is -2.93. The maximum absolute atomic E-state index is 12.2. The van der Waals surface area contributed by atoms with E-state index in [0.717, 1.165) is 10.4 Å². The van der Waals surface area contributed by atoms with Gasteiger partial charge in [0.05, 0.1) is 11.1 Å². The number of benzene rings is 2. The molecule has 1 unspecified atom stereocenters. The maximum atomic E-state index is 12.2. The molecular weight excluding hydrogens is 326 g/mol. The number of carbonyl (C=O) groups excluding carboxylic acids is 1. The average molecular weight is 341 g/mol. The second kappa shape index (κ2) is 7.10. The van der Waals surface area contributed by atoms with Crippen LogP contribution in [0.25, 0.3) is 10.4 Å². The molecular formula is C17H15N3O3S. The van der Waals surface area contributed by atoms with Crippen LogP contribution in [0.2, 0.25) is 0 Å². The molecule has 0 aliphatic heterocycles. The van der Waals surface area contributed by atoms with Crippen LogP contribution in [0, 0.1) is 0 Å². The first-order valence-corrected chi connectivity index (χ1v) is 8.03. The molecule has 7 heteroatoms. The summed E-state index contributed by atoms with van der Waals surface area (Å²) in [5, 5.41) is 15.9. The normalized spacial score (nSPS) is 11.7. The Morgan fingerprint density at radius 1 is 1.17 bits per heavy atom. The highest BCUT2D eigenvalue weighted by Crippen LogP contribution is 2.23. The molecule has 0 aliphatic rings. The fraction of sp³-hybridized carbons (Fsp3) is 0.118. The van der Waals surface area contributed by atoms with Gasteiger partial charge >= 0.3 is 0 Å². The number of hydrogen-bond acceptors (Lipinski definition) is 6. The molecule has 1 atom stereocenters. The highest BCUT2D eigenvalue weighted by atomic mass is 32.1. The van der Waals surface area contributed by atoms with E-state index < -0.39 is 6.10 Å². The minimum Gasteiger partial charge on any atom is -0.508 e. The molecule has 0 saturated carbocycles. The van der Waals surface area contributed by atoms with Gasteiger partial charge in [-0.3, -0.25) is 4.79 Å². The molecule has 0 saturated heterocycles. The number of hydrogen-bond donors (Lipinski definition) is 2. The van der Waals surface area contributed by atoms with Crippen molar-refractivity contribution in [2.45, 2.75) is 13.0 Å². The lowest BCUT2D eigenvalue weighted by Crippen LogP contribution is -2.30. The van der Waals surface area contributed by atoms with E-state index in [1.807, 2.05) is 24.3 Å². The summed E-state index contributed by atoms with van der Waals surface area (Å²) < 4.78 is 9.38. The van der Waals surface area contributed by atoms with Crippen LogP contribution in [0.4, 0.5) is 5.69 Å². The number of aromatic hydroxyl groups is 1. The van der Waals surface area contributed by atoms with Gasteiger partial charge in [-0.1, -0.05) is 16.6 Å². The molecule has 1 heterocycles. The summed E-state index contributed by atoms with van der Waals surface area (Å²) in [6.07, 6.45) is 1.03. The van der Waals surface area contributed by atoms with Crippen molar-refractivity contribution in [2.75, 3.05) is 5.32 Å². The number of amides is 1. The molecule has 0 fully saturated rings. The monoisotopic (exact) mass is 341 g/mol. The van der Waals surface area contributed by atoms with E-state index in [2.05, 4.69) is 14.9 Å². The van der Waals surface area contributed by atoms with Crippen LogP contribution >= 0.6 is 11.5 Å². The molecule has 3 rings (SSSR count). The number of phenols is 1. The van der Waals surface area contributed by atoms with E-state index in [-0.39, 0.29) is 11.7 Å². The molecule has 0 spiro atoms. The minimum absolute atomic E-state index is 0.149. The average Bonchev–Trinajstić information content (AvgIpc) is 3.12. The van der Waals surface area contributed by atoms with Gasteiger partial charge in [-0.05, 0) is 60.4 Å². The molecule has 2 N–H and O–H groups in total. The molecule has 6 nitrogen and oxygen atoms in total. The molecule has 1 amide bonds. The van der Waals surface area contributed by atoms with Gasteiger partial charge in [0, 0.05) is 5.69 Å². The van der Waals surface area contributed by atoms with Gasteiger partial charge in [0.25, 0.3) is 5.91 Å². The van der Waals surface area contributed by atoms with Crippen molar-refractivity contribution in [1.82, 2.24) is 9.59 Å². The lowest BCUT2D eigenvalue weighted by atomic mass is 10.2. The summed E-state index contributed by atoms with van der Waals surface area (Å²) in [4.78, 5) is 13.2. The van der Waals surface area contributed by atoms with E-state index in [0.29, 0.717) is 11.4 Å². The molecule has 0 bridgehead atoms. The number of phenolic OH excluding ortho intramolecular Hbond substituents is 1. The topological polar surface area (TPSA) is 84.3 Å². The summed E-state index contributed by atoms with van der Waals surface area (Å²) in [6, 6.07) is 13.7. The van der Waals surface area contributed by atoms with E-state index >= 15 is 0 Å². The van der Waals surface area contributed by atoms with Crippen LogP contribution in [0.1, 0.15) is 6.92 Å². The van der Waals surface area contributed by atoms with Crippen LogP contribution in [0.15, 0.2) is 54.7 Å². The third-order valence-corrected chi connectivity index (χ3v) is 4.03. The molecule has 1 aromatic heterocycles. The summed E-state index contributed by atoms with van der Waals surface area (Å²) >= 11 is 1.32. The fourth-order valence-electron chi connectivity index (χ4n) is 2.04. The van der Waals surface area contributed by atoms with Crippen molar-refractivity contribution < 1.29 is 14.6 Å². The molecule has 3 aromatic rings. The third kappa shape index (κ3) is 3.88. The van der Waals surface area contributed by atoms with Crippen molar-refractivity contribution in [1.29, 1.82) is 0 Å². The van der Waals surface area contributed by atoms with Gasteiger partial charge in [0.2, 0.25) is 0 Å². The van der Waals surface area contributed by atoms with Crippen LogP contribution < -0.4 is 10.1 Å². The van der Waals surface area contributed by atoms with Gasteiger partial charge in [-0.2, -0.15) is 0 Å². The smallest absolute Gasteiger partial charge is 0.265 e. The highest BCUT2D eigenvalue weighted by molar-refractivity contribution is 7.09. The zero-order chi connectivity index (χ0) is 16.9. The summed E-state index contributed by atoms with van der Waals surface area (Å²) in [5.74, 6) is 0.412. The summed E-state index contributed by atoms with van der Waals surface area (Å²) in [7, 11) is 0. The van der Waals surface area contributed by atoms with Crippen LogP contribution in [0.5, 0.6) is 11.5 Å². The second-order valence-electron chi connectivity index (χ2n) is 5.10. The fourth-order valence-corrected chi connectivity index (χ4v) is 2.56. The predicted octanol–water partition coefficient (Wildman–Crippen LogP) is 3.32. The van der Waals surface area contributed by atoms with Crippen molar-refractivity contribution in [3.8, 4) is 21.9 Å². The summed E-state index contributed by atoms with van der Waals surface area (Å²) in [6.45, 7) is 1.67. The van der Waals surface area contributed by atoms with Crippen molar-refractivity contribution in [3.63, 3.8) is 0 Å². The van der Waals surface area contributed by atoms with Crippen LogP contribution in [0.3, 0.4) is 0 Å². The van der Waals surface area contributed by atoms with Crippen LogP contribution in [-0.2, 0) is 4.79 Å². The van der Waals surface area contributed by atoms with Gasteiger partial charge in [0.1, 0.15) is 11.5 Å². The van der Waals surface area contributed by atoms with Crippen LogP contribution in [-0.4, -0.2) is 26.7 Å². The highest BCUT2D eigenvalue weighted by Gasteiger charge is 2.15. The Morgan fingerprint density at radius 3 is 2.50 bits per heavy atom. The molecule has 2 aromatic carbocycles. The van der Waals surface area contributed by atoms with E-state index in [4.69, 9.17) is 4.74 Å². The number of ether oxygens (including phenoxy) is 1. The zero-order valence-corrected chi connectivity index (χ0v) is 13.7. The molecule has 0 radical (unpaired) electrons. The van der Waals surface area contributed by atoms with E-state index in [1.165, 1.54) is 23.7 Å². The minimum atomic E-state index is -0.667. The van der Waals surface area contributed by atoms with Crippen molar-refractivity contribution >= 4 is 23.1 Å². The lowest BCUT2D eigenvalue weighted by Gasteiger charge is -2.15. The van der Waals surface area contributed by atoms with E-state index in [1.54, 1.807) is 25.3 Å². The quantitative estimate of drug-likeness (QED) is 0.744. The Bertz CT molecular complexity index is 802. The molecule has 0 aliphatic carbocycles. The first kappa shape index (κ1) is 15.9. The Morgan fingerprint density at radius 2 is 1.88 bits per heavy atom. The predicted molar refractivity (Wildman–Crippen MR) is 92.2 cm³/mol. The first-order valence-electron chi connectivity index (χ1n) is 7.26. The number of aromatic nitrogens is 2. The standard InChI is InChI=1S/C17H15N3O3S/c1-11(23-15-8-6-14(21)7-9-15)17(22)19-13-4-2-12(3-5-13)16-10-18-20-24-16/h2-11,21H,1H3,(H,19,22). The molecule has 122 valence electrons. The molecule has 24 heavy (non-hydrogen) atoms. The second-order valence-corrected chi connectivity index (χ2v) is 5.89. The number of anilines is 1. The number of rotatable bonds is 5. The Labute approximate surface area is 142 Å². The zero-order valence-electron chi connectivity index (χ0n) is 12.8. The van der Waals surface area contributed by atoms with Gasteiger partial charge in [-0.25, -0.2) is 0 Å². The maximum Gasteiger partial charge on any atom is 0.265 e. The lowest BCUT2D eigenvalue weighted by molar-refractivity contribution is -0.122. The Balaban J connectivity index is 1.60. The first-order chi connectivity index (χ1) is 11.6. The Kier molecular flexibility index (Phi) is 4.72.